The quantitative estimate of drug-likeness (QED) is 0.132. The molecule has 2 unspecified atom stereocenters. The van der Waals surface area contributed by atoms with E-state index >= 15 is 0 Å². The summed E-state index contributed by atoms with van der Waals surface area (Å²) < 4.78 is 19.8. The van der Waals surface area contributed by atoms with Crippen molar-refractivity contribution in [3.8, 4) is 39.5 Å². The Bertz CT molecular complexity index is 2550. The van der Waals surface area contributed by atoms with Gasteiger partial charge in [0, 0.05) is 42.5 Å². The molecule has 13 heteroatoms. The van der Waals surface area contributed by atoms with E-state index < -0.39 is 12.1 Å². The molecule has 0 bridgehead atoms. The number of benzene rings is 3. The summed E-state index contributed by atoms with van der Waals surface area (Å²) in [6.45, 7) is 0.771. The fourth-order valence-electron chi connectivity index (χ4n) is 6.58. The maximum atomic E-state index is 12.3. The van der Waals surface area contributed by atoms with Crippen LogP contribution in [0.25, 0.3) is 33.5 Å². The van der Waals surface area contributed by atoms with Crippen molar-refractivity contribution in [2.45, 2.75) is 18.7 Å². The molecule has 3 aromatic carbocycles. The predicted molar refractivity (Wildman–Crippen MR) is 199 cm³/mol. The van der Waals surface area contributed by atoms with Crippen molar-refractivity contribution in [2.24, 2.45) is 0 Å². The zero-order chi connectivity index (χ0) is 35.7. The van der Waals surface area contributed by atoms with E-state index in [1.54, 1.807) is 40.9 Å². The van der Waals surface area contributed by atoms with E-state index in [-0.39, 0.29) is 6.79 Å². The number of ether oxygens (including phenoxy) is 3. The molecule has 0 amide bonds. The molecule has 262 valence electrons. The minimum absolute atomic E-state index is 0.231. The van der Waals surface area contributed by atoms with Gasteiger partial charge < -0.3 is 30.0 Å². The number of anilines is 2. The van der Waals surface area contributed by atoms with Crippen molar-refractivity contribution in [1.82, 2.24) is 34.2 Å². The highest BCUT2D eigenvalue weighted by atomic mass is 16.7. The minimum atomic E-state index is -1.01. The maximum absolute atomic E-state index is 12.3. The van der Waals surface area contributed by atoms with Crippen LogP contribution in [0.4, 0.5) is 11.6 Å². The lowest BCUT2D eigenvalue weighted by Crippen LogP contribution is -2.21. The van der Waals surface area contributed by atoms with E-state index in [4.69, 9.17) is 24.2 Å². The van der Waals surface area contributed by atoms with Crippen LogP contribution < -0.4 is 24.8 Å². The van der Waals surface area contributed by atoms with Gasteiger partial charge >= 0.3 is 0 Å². The average Bonchev–Trinajstić information content (AvgIpc) is 3.97. The van der Waals surface area contributed by atoms with Crippen LogP contribution in [0.3, 0.4) is 0 Å². The number of methoxy groups -OCH3 is 1. The number of aliphatic hydroxyl groups is 1. The van der Waals surface area contributed by atoms with Crippen LogP contribution in [0, 0.1) is 0 Å². The summed E-state index contributed by atoms with van der Waals surface area (Å²) in [4.78, 5) is 14.1. The number of nitrogens with zero attached hydrogens (tertiary/aromatic N) is 7. The van der Waals surface area contributed by atoms with Crippen molar-refractivity contribution in [1.29, 1.82) is 0 Å². The van der Waals surface area contributed by atoms with Crippen LogP contribution in [0.1, 0.15) is 28.8 Å². The van der Waals surface area contributed by atoms with Gasteiger partial charge in [-0.1, -0.05) is 42.5 Å². The van der Waals surface area contributed by atoms with E-state index in [9.17, 15) is 5.11 Å². The molecule has 5 aromatic heterocycles. The molecule has 0 spiro atoms. The van der Waals surface area contributed by atoms with Crippen LogP contribution >= 0.6 is 0 Å². The van der Waals surface area contributed by atoms with Gasteiger partial charge in [-0.3, -0.25) is 4.98 Å². The molecule has 1 aliphatic rings. The first-order chi connectivity index (χ1) is 26.1. The topological polar surface area (TPSA) is 145 Å². The fourth-order valence-corrected chi connectivity index (χ4v) is 6.58. The molecule has 0 saturated heterocycles. The lowest BCUT2D eigenvalue weighted by atomic mass is 9.91. The number of hydrogen-bond acceptors (Lipinski definition) is 11. The number of fused-ring (bicyclic) bond motifs is 3. The third-order valence-corrected chi connectivity index (χ3v) is 9.30. The minimum Gasteiger partial charge on any atom is -0.497 e. The number of pyridine rings is 1. The Morgan fingerprint density at radius 2 is 1.49 bits per heavy atom. The average molecular weight is 704 g/mol. The third kappa shape index (κ3) is 6.19. The monoisotopic (exact) mass is 703 g/mol. The molecule has 8 aromatic rings. The molecule has 2 atom stereocenters. The van der Waals surface area contributed by atoms with Crippen LogP contribution in [-0.2, 0) is 6.54 Å². The fraction of sp³-hybridized carbons (Fsp3) is 0.125. The Kier molecular flexibility index (Phi) is 8.21. The van der Waals surface area contributed by atoms with Gasteiger partial charge in [0.1, 0.15) is 23.5 Å². The van der Waals surface area contributed by atoms with Gasteiger partial charge in [-0.05, 0) is 76.3 Å². The van der Waals surface area contributed by atoms with E-state index in [0.717, 1.165) is 50.6 Å². The number of aromatic nitrogens is 7. The van der Waals surface area contributed by atoms with Crippen molar-refractivity contribution in [3.63, 3.8) is 0 Å². The SMILES string of the molecule is COc1ccc(-c2cnn3ccc(NC(c4ccncc4)C(O)c4ccccc4-c4cnn5ccc(NCc6ccc7c(c6)OCO7)nc45)nc23)cc1. The normalized spacial score (nSPS) is 13.2. The number of rotatable bonds is 11. The molecule has 53 heavy (non-hydrogen) atoms. The Labute approximate surface area is 303 Å². The van der Waals surface area contributed by atoms with Crippen LogP contribution in [0.15, 0.2) is 128 Å². The Morgan fingerprint density at radius 1 is 0.774 bits per heavy atom. The van der Waals surface area contributed by atoms with Crippen molar-refractivity contribution >= 4 is 22.9 Å². The highest BCUT2D eigenvalue weighted by Gasteiger charge is 2.27. The predicted octanol–water partition coefficient (Wildman–Crippen LogP) is 6.74. The summed E-state index contributed by atoms with van der Waals surface area (Å²) in [6, 6.07) is 28.3. The lowest BCUT2D eigenvalue weighted by molar-refractivity contribution is 0.155. The van der Waals surface area contributed by atoms with E-state index in [1.165, 1.54) is 0 Å². The van der Waals surface area contributed by atoms with E-state index in [0.29, 0.717) is 35.0 Å². The Morgan fingerprint density at radius 3 is 2.30 bits per heavy atom. The standard InChI is InChI=1S/C40H33N9O4/c1-51-28-9-7-26(8-10-28)31-22-43-48-19-15-36(47-39(31)48)45-37(27-12-16-41-17-13-27)38(50)30-5-3-2-4-29(30)32-23-44-49-18-14-35(46-40(32)49)42-21-25-6-11-33-34(20-25)53-24-52-33/h2-20,22-23,37-38,50H,21,24H2,1H3,(H,42,46)(H,45,47). The number of hydrogen-bond donors (Lipinski definition) is 3. The molecule has 6 heterocycles. The first-order valence-electron chi connectivity index (χ1n) is 17.0. The molecular weight excluding hydrogens is 670 g/mol. The summed E-state index contributed by atoms with van der Waals surface area (Å²) in [5.41, 5.74) is 7.29. The molecule has 3 N–H and O–H groups in total. The smallest absolute Gasteiger partial charge is 0.231 e. The molecular formula is C40H33N9O4. The first-order valence-corrected chi connectivity index (χ1v) is 17.0. The summed E-state index contributed by atoms with van der Waals surface area (Å²) in [5, 5.41) is 28.4. The maximum Gasteiger partial charge on any atom is 0.231 e. The molecule has 13 nitrogen and oxygen atoms in total. The zero-order valence-corrected chi connectivity index (χ0v) is 28.5. The van der Waals surface area contributed by atoms with Crippen molar-refractivity contribution < 1.29 is 19.3 Å². The Balaban J connectivity index is 1.03. The van der Waals surface area contributed by atoms with E-state index in [2.05, 4.69) is 25.8 Å². The second kappa shape index (κ2) is 13.6. The lowest BCUT2D eigenvalue weighted by Gasteiger charge is -2.27. The van der Waals surface area contributed by atoms with Crippen LogP contribution in [0.5, 0.6) is 17.2 Å². The van der Waals surface area contributed by atoms with Crippen molar-refractivity contribution in [2.75, 3.05) is 24.5 Å². The summed E-state index contributed by atoms with van der Waals surface area (Å²) in [5.74, 6) is 3.50. The number of aliphatic hydroxyl groups excluding tert-OH is 1. The van der Waals surface area contributed by atoms with Gasteiger partial charge in [-0.15, -0.1) is 0 Å². The van der Waals surface area contributed by atoms with Crippen LogP contribution in [0.2, 0.25) is 0 Å². The summed E-state index contributed by atoms with van der Waals surface area (Å²) in [7, 11) is 1.64. The van der Waals surface area contributed by atoms with E-state index in [1.807, 2.05) is 103 Å². The molecule has 0 radical (unpaired) electrons. The number of nitrogens with one attached hydrogen (secondary N) is 2. The van der Waals surface area contributed by atoms with Gasteiger partial charge in [0.05, 0.1) is 25.5 Å². The summed E-state index contributed by atoms with van der Waals surface area (Å²) >= 11 is 0. The second-order valence-corrected chi connectivity index (χ2v) is 12.5. The second-order valence-electron chi connectivity index (χ2n) is 12.5. The molecule has 0 saturated carbocycles. The van der Waals surface area contributed by atoms with Gasteiger partial charge in [0.2, 0.25) is 6.79 Å². The van der Waals surface area contributed by atoms with Gasteiger partial charge in [0.25, 0.3) is 0 Å². The highest BCUT2D eigenvalue weighted by Crippen LogP contribution is 2.39. The highest BCUT2D eigenvalue weighted by molar-refractivity contribution is 5.81. The molecule has 1 aliphatic heterocycles. The van der Waals surface area contributed by atoms with Gasteiger partial charge in [-0.25, -0.2) is 19.0 Å². The molecule has 0 fully saturated rings. The van der Waals surface area contributed by atoms with Crippen LogP contribution in [-0.4, -0.2) is 53.2 Å². The van der Waals surface area contributed by atoms with Gasteiger partial charge in [-0.2, -0.15) is 10.2 Å². The van der Waals surface area contributed by atoms with Gasteiger partial charge in [0.15, 0.2) is 22.8 Å². The third-order valence-electron chi connectivity index (χ3n) is 9.30. The zero-order valence-electron chi connectivity index (χ0n) is 28.5. The first kappa shape index (κ1) is 32.0. The Hall–Kier alpha value is -6.99. The summed E-state index contributed by atoms with van der Waals surface area (Å²) in [6.07, 6.45) is 9.70. The largest absolute Gasteiger partial charge is 0.497 e. The van der Waals surface area contributed by atoms with Crippen molar-refractivity contribution in [3.05, 3.63) is 145 Å². The molecule has 9 rings (SSSR count). The molecule has 0 aliphatic carbocycles.